The Morgan fingerprint density at radius 2 is 1.85 bits per heavy atom. The van der Waals surface area contributed by atoms with E-state index in [1.54, 1.807) is 11.3 Å². The second-order valence-corrected chi connectivity index (χ2v) is 9.52. The maximum Gasteiger partial charge on any atom is 0.341 e. The number of carbonyl (C=O) groups is 1. The zero-order valence-corrected chi connectivity index (χ0v) is 20.3. The first-order chi connectivity index (χ1) is 16.6. The Morgan fingerprint density at radius 3 is 2.59 bits per heavy atom. The Hall–Kier alpha value is -3.49. The van der Waals surface area contributed by atoms with E-state index in [9.17, 15) is 4.79 Å². The lowest BCUT2D eigenvalue weighted by molar-refractivity contribution is 0.0601. The van der Waals surface area contributed by atoms with Crippen molar-refractivity contribution in [3.63, 3.8) is 0 Å². The highest BCUT2D eigenvalue weighted by Crippen LogP contribution is 2.39. The van der Waals surface area contributed by atoms with Gasteiger partial charge in [0.1, 0.15) is 5.00 Å². The number of anilines is 1. The molecule has 0 radical (unpaired) electrons. The van der Waals surface area contributed by atoms with Crippen LogP contribution in [0.3, 0.4) is 0 Å². The molecule has 0 unspecified atom stereocenters. The lowest BCUT2D eigenvalue weighted by Gasteiger charge is -2.11. The van der Waals surface area contributed by atoms with Crippen molar-refractivity contribution in [2.45, 2.75) is 25.8 Å². The normalized spacial score (nSPS) is 12.3. The van der Waals surface area contributed by atoms with Gasteiger partial charge in [-0.3, -0.25) is 0 Å². The van der Waals surface area contributed by atoms with Crippen LogP contribution >= 0.6 is 23.6 Å². The lowest BCUT2D eigenvalue weighted by atomic mass is 10.1. The average molecular weight is 489 g/mol. The third-order valence-corrected chi connectivity index (χ3v) is 7.29. The van der Waals surface area contributed by atoms with Crippen molar-refractivity contribution < 1.29 is 9.53 Å². The molecule has 2 N–H and O–H groups in total. The molecule has 0 spiro atoms. The Labute approximate surface area is 207 Å². The van der Waals surface area contributed by atoms with Crippen LogP contribution in [0.2, 0.25) is 0 Å². The van der Waals surface area contributed by atoms with Crippen LogP contribution in [-0.4, -0.2) is 28.0 Å². The fourth-order valence-electron chi connectivity index (χ4n) is 4.22. The van der Waals surface area contributed by atoms with Crippen LogP contribution in [0, 0.1) is 0 Å². The molecule has 2 aromatic heterocycles. The Morgan fingerprint density at radius 1 is 1.12 bits per heavy atom. The van der Waals surface area contributed by atoms with Gasteiger partial charge in [0.15, 0.2) is 5.11 Å². The van der Waals surface area contributed by atoms with Gasteiger partial charge >= 0.3 is 5.97 Å². The summed E-state index contributed by atoms with van der Waals surface area (Å²) in [5, 5.41) is 12.6. The number of aryl methyl sites for hydroxylation is 1. The number of fused-ring (bicyclic) bond motifs is 1. The zero-order valence-electron chi connectivity index (χ0n) is 18.7. The maximum atomic E-state index is 12.4. The van der Waals surface area contributed by atoms with Gasteiger partial charge in [-0.05, 0) is 49.2 Å². The maximum absolute atomic E-state index is 12.4. The minimum absolute atomic E-state index is 0.319. The van der Waals surface area contributed by atoms with Crippen LogP contribution in [0.15, 0.2) is 66.9 Å². The van der Waals surface area contributed by atoms with E-state index in [0.717, 1.165) is 52.3 Å². The van der Waals surface area contributed by atoms with Crippen molar-refractivity contribution in [1.29, 1.82) is 0 Å². The summed E-state index contributed by atoms with van der Waals surface area (Å²) in [6, 6.07) is 20.1. The van der Waals surface area contributed by atoms with Crippen LogP contribution < -0.4 is 10.6 Å². The predicted molar refractivity (Wildman–Crippen MR) is 140 cm³/mol. The van der Waals surface area contributed by atoms with Gasteiger partial charge in [-0.25, -0.2) is 9.48 Å². The quantitative estimate of drug-likeness (QED) is 0.281. The van der Waals surface area contributed by atoms with Gasteiger partial charge in [0.05, 0.1) is 24.1 Å². The van der Waals surface area contributed by atoms with Gasteiger partial charge < -0.3 is 15.4 Å². The molecular formula is C26H24N4O2S2. The third-order valence-electron chi connectivity index (χ3n) is 5.84. The number of para-hydroxylation sites is 1. The Kier molecular flexibility index (Phi) is 6.42. The molecule has 0 amide bonds. The number of ether oxygens (including phenoxy) is 1. The monoisotopic (exact) mass is 488 g/mol. The molecule has 0 atom stereocenters. The minimum Gasteiger partial charge on any atom is -0.465 e. The van der Waals surface area contributed by atoms with E-state index >= 15 is 0 Å². The first-order valence-corrected chi connectivity index (χ1v) is 12.3. The summed E-state index contributed by atoms with van der Waals surface area (Å²) in [6.45, 7) is 0.488. The number of carbonyl (C=O) groups excluding carboxylic acids is 1. The van der Waals surface area contributed by atoms with Gasteiger partial charge in [0.2, 0.25) is 0 Å². The summed E-state index contributed by atoms with van der Waals surface area (Å²) in [6.07, 6.45) is 4.98. The molecule has 8 heteroatoms. The molecule has 0 bridgehead atoms. The molecule has 2 aromatic carbocycles. The van der Waals surface area contributed by atoms with Gasteiger partial charge in [-0.1, -0.05) is 48.5 Å². The fraction of sp³-hybridized carbons (Fsp3) is 0.192. The Bertz CT molecular complexity index is 1330. The molecule has 6 nitrogen and oxygen atoms in total. The lowest BCUT2D eigenvalue weighted by Crippen LogP contribution is -2.28. The number of benzene rings is 2. The fourth-order valence-corrected chi connectivity index (χ4v) is 5.74. The molecule has 5 rings (SSSR count). The molecular weight excluding hydrogens is 464 g/mol. The molecule has 0 fully saturated rings. The van der Waals surface area contributed by atoms with Gasteiger partial charge in [-0.2, -0.15) is 5.10 Å². The van der Waals surface area contributed by atoms with E-state index < -0.39 is 0 Å². The number of nitrogens with one attached hydrogen (secondary N) is 2. The van der Waals surface area contributed by atoms with E-state index in [0.29, 0.717) is 17.2 Å². The second kappa shape index (κ2) is 9.79. The minimum atomic E-state index is -0.319. The summed E-state index contributed by atoms with van der Waals surface area (Å²) in [7, 11) is 1.41. The highest BCUT2D eigenvalue weighted by atomic mass is 32.1. The highest BCUT2D eigenvalue weighted by molar-refractivity contribution is 7.80. The number of thiophene rings is 1. The van der Waals surface area contributed by atoms with Crippen LogP contribution in [0.1, 0.15) is 32.8 Å². The van der Waals surface area contributed by atoms with Crippen molar-refractivity contribution >= 4 is 39.6 Å². The van der Waals surface area contributed by atoms with Gasteiger partial charge in [0.25, 0.3) is 0 Å². The van der Waals surface area contributed by atoms with E-state index in [1.807, 2.05) is 71.5 Å². The van der Waals surface area contributed by atoms with E-state index in [-0.39, 0.29) is 5.97 Å². The number of hydrogen-bond acceptors (Lipinski definition) is 5. The van der Waals surface area contributed by atoms with Crippen LogP contribution in [-0.2, 0) is 24.1 Å². The molecule has 4 aromatic rings. The number of thiocarbonyl (C=S) groups is 1. The summed E-state index contributed by atoms with van der Waals surface area (Å²) < 4.78 is 6.92. The predicted octanol–water partition coefficient (Wildman–Crippen LogP) is 5.36. The zero-order chi connectivity index (χ0) is 23.5. The number of rotatable bonds is 6. The molecule has 172 valence electrons. The second-order valence-electron chi connectivity index (χ2n) is 8.01. The van der Waals surface area contributed by atoms with E-state index in [2.05, 4.69) is 10.6 Å². The van der Waals surface area contributed by atoms with E-state index in [4.69, 9.17) is 22.1 Å². The van der Waals surface area contributed by atoms with Crippen molar-refractivity contribution in [1.82, 2.24) is 15.1 Å². The van der Waals surface area contributed by atoms with Crippen molar-refractivity contribution in [3.05, 3.63) is 88.4 Å². The molecule has 1 aliphatic rings. The largest absolute Gasteiger partial charge is 0.465 e. The first-order valence-electron chi connectivity index (χ1n) is 11.1. The summed E-state index contributed by atoms with van der Waals surface area (Å²) in [5.74, 6) is -0.319. The Balaban J connectivity index is 1.37. The number of methoxy groups -OCH3 is 1. The standard InChI is InChI=1S/C26H24N4O2S2/c1-32-25(31)22-20-13-8-14-21(20)34-24(22)28-26(33)27-15-18-16-30(19-11-6-3-7-12-19)29-23(18)17-9-4-2-5-10-17/h2-7,9-12,16H,8,13-15H2,1H3,(H2,27,28,33). The number of nitrogens with zero attached hydrogens (tertiary/aromatic N) is 2. The molecule has 34 heavy (non-hydrogen) atoms. The van der Waals surface area contributed by atoms with Crippen LogP contribution in [0.5, 0.6) is 0 Å². The molecule has 0 saturated heterocycles. The molecule has 1 aliphatic carbocycles. The van der Waals surface area contributed by atoms with Gasteiger partial charge in [-0.15, -0.1) is 11.3 Å². The third kappa shape index (κ3) is 4.47. The van der Waals surface area contributed by atoms with Crippen LogP contribution in [0.25, 0.3) is 16.9 Å². The topological polar surface area (TPSA) is 68.2 Å². The summed E-state index contributed by atoms with van der Waals surface area (Å²) in [4.78, 5) is 13.7. The smallest absolute Gasteiger partial charge is 0.341 e. The van der Waals surface area contributed by atoms with Crippen LogP contribution in [0.4, 0.5) is 5.00 Å². The SMILES string of the molecule is COC(=O)c1c(NC(=S)NCc2cn(-c3ccccc3)nc2-c2ccccc2)sc2c1CCC2. The molecule has 2 heterocycles. The summed E-state index contributed by atoms with van der Waals surface area (Å²) >= 11 is 7.18. The first kappa shape index (κ1) is 22.3. The van der Waals surface area contributed by atoms with E-state index in [1.165, 1.54) is 12.0 Å². The van der Waals surface area contributed by atoms with Gasteiger partial charge in [0, 0.05) is 28.7 Å². The number of aromatic nitrogens is 2. The number of hydrogen-bond donors (Lipinski definition) is 2. The highest BCUT2D eigenvalue weighted by Gasteiger charge is 2.27. The molecule has 0 aliphatic heterocycles. The number of esters is 1. The van der Waals surface area contributed by atoms with Crippen molar-refractivity contribution in [3.8, 4) is 16.9 Å². The molecule has 0 saturated carbocycles. The summed E-state index contributed by atoms with van der Waals surface area (Å²) in [5.41, 5.74) is 5.65. The van der Waals surface area contributed by atoms with Crippen molar-refractivity contribution in [2.24, 2.45) is 0 Å². The average Bonchev–Trinajstić information content (AvgIpc) is 3.58. The van der Waals surface area contributed by atoms with Crippen molar-refractivity contribution in [2.75, 3.05) is 12.4 Å².